The van der Waals surface area contributed by atoms with Crippen LogP contribution in [0.1, 0.15) is 39.9 Å². The molecule has 7 nitrogen and oxygen atoms in total. The summed E-state index contributed by atoms with van der Waals surface area (Å²) in [6.45, 7) is 0.144. The molecule has 204 valence electrons. The number of pyridine rings is 2. The molecule has 1 amide bonds. The van der Waals surface area contributed by atoms with E-state index in [4.69, 9.17) is 4.74 Å². The van der Waals surface area contributed by atoms with E-state index in [-0.39, 0.29) is 24.1 Å². The monoisotopic (exact) mass is 550 g/mol. The van der Waals surface area contributed by atoms with E-state index in [0.717, 1.165) is 19.0 Å². The third kappa shape index (κ3) is 5.82. The minimum atomic E-state index is -5.06. The maximum absolute atomic E-state index is 13.2. The molecule has 0 spiro atoms. The molecule has 1 fully saturated rings. The zero-order valence-electron chi connectivity index (χ0n) is 20.0. The fourth-order valence-corrected chi connectivity index (χ4v) is 3.90. The molecule has 1 saturated carbocycles. The fourth-order valence-electron chi connectivity index (χ4n) is 3.90. The van der Waals surface area contributed by atoms with Crippen molar-refractivity contribution in [3.8, 4) is 17.1 Å². The number of aromatic nitrogens is 3. The van der Waals surface area contributed by atoms with Crippen LogP contribution in [-0.2, 0) is 19.0 Å². The number of nitrogens with one attached hydrogen (secondary N) is 1. The number of aliphatic hydroxyl groups excluding tert-OH is 1. The summed E-state index contributed by atoms with van der Waals surface area (Å²) in [6, 6.07) is 5.56. The molecule has 1 aliphatic carbocycles. The van der Waals surface area contributed by atoms with E-state index in [0.29, 0.717) is 47.1 Å². The van der Waals surface area contributed by atoms with Crippen LogP contribution in [-0.4, -0.2) is 32.0 Å². The number of rotatable bonds is 7. The summed E-state index contributed by atoms with van der Waals surface area (Å²) in [7, 11) is 0. The molecule has 4 aromatic rings. The second kappa shape index (κ2) is 9.88. The number of nitrogens with zero attached hydrogens (tertiary/aromatic N) is 3. The molecule has 1 aromatic carbocycles. The van der Waals surface area contributed by atoms with Gasteiger partial charge in [0, 0.05) is 18.1 Å². The molecule has 5 rings (SSSR count). The maximum atomic E-state index is 13.2. The number of ether oxygens (including phenoxy) is 1. The van der Waals surface area contributed by atoms with Gasteiger partial charge in [-0.1, -0.05) is 6.07 Å². The Labute approximate surface area is 217 Å². The molecule has 0 unspecified atom stereocenters. The Kier molecular flexibility index (Phi) is 6.70. The van der Waals surface area contributed by atoms with Crippen LogP contribution in [0, 0.1) is 5.92 Å². The van der Waals surface area contributed by atoms with Gasteiger partial charge in [0.2, 0.25) is 5.88 Å². The zero-order chi connectivity index (χ0) is 27.9. The molecular formula is C26H20F6N4O3. The summed E-state index contributed by atoms with van der Waals surface area (Å²) in [5, 5.41) is 11.7. The number of carbonyl (C=O) groups excluding carboxylic acids is 1. The molecule has 2 N–H and O–H groups in total. The highest BCUT2D eigenvalue weighted by atomic mass is 19.4. The van der Waals surface area contributed by atoms with E-state index in [9.17, 15) is 36.2 Å². The number of benzene rings is 1. The van der Waals surface area contributed by atoms with Crippen LogP contribution in [0.2, 0.25) is 0 Å². The van der Waals surface area contributed by atoms with Gasteiger partial charge in [-0.15, -0.1) is 0 Å². The highest BCUT2D eigenvalue weighted by Gasteiger charge is 2.37. The summed E-state index contributed by atoms with van der Waals surface area (Å²) < 4.78 is 86.9. The van der Waals surface area contributed by atoms with Gasteiger partial charge in [0.1, 0.15) is 5.65 Å². The Morgan fingerprint density at radius 2 is 1.69 bits per heavy atom. The summed E-state index contributed by atoms with van der Waals surface area (Å²) >= 11 is 0. The highest BCUT2D eigenvalue weighted by Crippen LogP contribution is 2.38. The van der Waals surface area contributed by atoms with Crippen molar-refractivity contribution in [2.24, 2.45) is 5.92 Å². The number of halogens is 6. The number of carbonyl (C=O) groups is 1. The van der Waals surface area contributed by atoms with Crippen LogP contribution in [0.3, 0.4) is 0 Å². The Hall–Kier alpha value is -4.13. The molecule has 1 aliphatic rings. The minimum absolute atomic E-state index is 0.0211. The van der Waals surface area contributed by atoms with Crippen molar-refractivity contribution < 1.29 is 41.0 Å². The van der Waals surface area contributed by atoms with E-state index >= 15 is 0 Å². The first-order chi connectivity index (χ1) is 18.4. The van der Waals surface area contributed by atoms with Crippen molar-refractivity contribution in [2.75, 3.05) is 11.9 Å². The lowest BCUT2D eigenvalue weighted by molar-refractivity contribution is -0.143. The number of imidazole rings is 1. The maximum Gasteiger partial charge on any atom is 0.416 e. The number of amides is 1. The molecule has 0 saturated heterocycles. The normalized spacial score (nSPS) is 14.0. The van der Waals surface area contributed by atoms with Gasteiger partial charge in [-0.3, -0.25) is 9.20 Å². The number of hydrogen-bond acceptors (Lipinski definition) is 5. The van der Waals surface area contributed by atoms with Gasteiger partial charge in [0.25, 0.3) is 5.91 Å². The number of fused-ring (bicyclic) bond motifs is 1. The first-order valence-electron chi connectivity index (χ1n) is 11.7. The molecule has 0 bridgehead atoms. The average Bonchev–Trinajstić information content (AvgIpc) is 3.63. The van der Waals surface area contributed by atoms with Gasteiger partial charge in [0.15, 0.2) is 0 Å². The third-order valence-corrected chi connectivity index (χ3v) is 6.14. The average molecular weight is 550 g/mol. The quantitative estimate of drug-likeness (QED) is 0.277. The first kappa shape index (κ1) is 26.5. The zero-order valence-corrected chi connectivity index (χ0v) is 20.0. The molecule has 39 heavy (non-hydrogen) atoms. The lowest BCUT2D eigenvalue weighted by Crippen LogP contribution is -2.16. The molecule has 13 heteroatoms. The van der Waals surface area contributed by atoms with Crippen molar-refractivity contribution in [3.63, 3.8) is 0 Å². The Bertz CT molecular complexity index is 1510. The molecule has 3 heterocycles. The van der Waals surface area contributed by atoms with Gasteiger partial charge in [0.05, 0.1) is 47.4 Å². The van der Waals surface area contributed by atoms with Crippen LogP contribution in [0.25, 0.3) is 16.9 Å². The first-order valence-corrected chi connectivity index (χ1v) is 11.7. The lowest BCUT2D eigenvalue weighted by Gasteiger charge is -2.15. The van der Waals surface area contributed by atoms with Gasteiger partial charge in [-0.2, -0.15) is 26.3 Å². The minimum Gasteiger partial charge on any atom is -0.477 e. The Balaban J connectivity index is 1.53. The van der Waals surface area contributed by atoms with Crippen molar-refractivity contribution in [3.05, 3.63) is 77.2 Å². The largest absolute Gasteiger partial charge is 0.477 e. The highest BCUT2D eigenvalue weighted by molar-refractivity contribution is 6.05. The van der Waals surface area contributed by atoms with Gasteiger partial charge in [-0.05, 0) is 54.7 Å². The van der Waals surface area contributed by atoms with Crippen molar-refractivity contribution in [1.29, 1.82) is 0 Å². The summed E-state index contributed by atoms with van der Waals surface area (Å²) in [5.41, 5.74) is -2.05. The van der Waals surface area contributed by atoms with Crippen LogP contribution in [0.5, 0.6) is 5.88 Å². The Morgan fingerprint density at radius 1 is 1.00 bits per heavy atom. The van der Waals surface area contributed by atoms with E-state index in [1.165, 1.54) is 12.3 Å². The summed E-state index contributed by atoms with van der Waals surface area (Å²) in [5.74, 6) is -0.433. The smallest absolute Gasteiger partial charge is 0.416 e. The van der Waals surface area contributed by atoms with E-state index in [2.05, 4.69) is 15.3 Å². The predicted molar refractivity (Wildman–Crippen MR) is 127 cm³/mol. The second-order valence-electron chi connectivity index (χ2n) is 9.15. The van der Waals surface area contributed by atoms with Crippen LogP contribution in [0.15, 0.2) is 55.0 Å². The number of alkyl halides is 6. The molecule has 0 radical (unpaired) electrons. The SMILES string of the molecule is O=C(Nc1cc(C(F)(F)F)cc(C(F)(F)F)c1)c1cnc(OCC2CC2)c(-c2cnc3ccc(CO)cn23)c1. The van der Waals surface area contributed by atoms with Crippen LogP contribution >= 0.6 is 0 Å². The Morgan fingerprint density at radius 3 is 2.31 bits per heavy atom. The van der Waals surface area contributed by atoms with E-state index < -0.39 is 35.1 Å². The standard InChI is InChI=1S/C26H20F6N4O3/c27-25(28,29)17-6-18(26(30,31)32)8-19(7-17)35-23(38)16-5-20(24(34-9-16)39-13-14-1-2-14)21-10-33-22-4-3-15(12-37)11-36(21)22/h3-11,14,37H,1-2,12-13H2,(H,35,38). The van der Waals surface area contributed by atoms with Crippen LogP contribution < -0.4 is 10.1 Å². The van der Waals surface area contributed by atoms with Crippen molar-refractivity contribution in [2.45, 2.75) is 31.8 Å². The predicted octanol–water partition coefficient (Wildman–Crippen LogP) is 5.97. The third-order valence-electron chi connectivity index (χ3n) is 6.14. The van der Waals surface area contributed by atoms with Gasteiger partial charge in [-0.25, -0.2) is 9.97 Å². The molecular weight excluding hydrogens is 530 g/mol. The molecule has 0 aliphatic heterocycles. The van der Waals surface area contributed by atoms with E-state index in [1.807, 2.05) is 0 Å². The summed E-state index contributed by atoms with van der Waals surface area (Å²) in [4.78, 5) is 21.5. The lowest BCUT2D eigenvalue weighted by atomic mass is 10.1. The van der Waals surface area contributed by atoms with Crippen molar-refractivity contribution in [1.82, 2.24) is 14.4 Å². The number of anilines is 1. The molecule has 3 aromatic heterocycles. The second-order valence-corrected chi connectivity index (χ2v) is 9.15. The van der Waals surface area contributed by atoms with Crippen molar-refractivity contribution >= 4 is 17.2 Å². The number of hydrogen-bond donors (Lipinski definition) is 2. The van der Waals surface area contributed by atoms with Gasteiger partial charge < -0.3 is 15.2 Å². The molecule has 0 atom stereocenters. The van der Waals surface area contributed by atoms with Gasteiger partial charge >= 0.3 is 12.4 Å². The van der Waals surface area contributed by atoms with E-state index in [1.54, 1.807) is 22.7 Å². The number of aliphatic hydroxyl groups is 1. The fraction of sp³-hybridized carbons (Fsp3) is 0.269. The van der Waals surface area contributed by atoms with Crippen LogP contribution in [0.4, 0.5) is 32.0 Å². The summed E-state index contributed by atoms with van der Waals surface area (Å²) in [6.07, 6.45) is -3.86. The topological polar surface area (TPSA) is 88.8 Å².